The molecule has 0 saturated carbocycles. The zero-order valence-electron chi connectivity index (χ0n) is 10.1. The number of hydrogen-bond acceptors (Lipinski definition) is 4. The van der Waals surface area contributed by atoms with Gasteiger partial charge in [0.05, 0.1) is 6.42 Å². The number of rotatable bonds is 9. The Balaban J connectivity index is 3.86. The van der Waals surface area contributed by atoms with Crippen LogP contribution < -0.4 is 5.32 Å². The molecule has 100 valence electrons. The molecule has 0 aliphatic carbocycles. The van der Waals surface area contributed by atoms with Gasteiger partial charge in [-0.15, -0.1) is 0 Å². The average Bonchev–Trinajstić information content (AvgIpc) is 2.30. The van der Waals surface area contributed by atoms with E-state index in [9.17, 15) is 13.8 Å². The standard InChI is InChI=1S/C10H19NO5S/c1-8(17(15)7-4-9(12)13)10(14)11-5-3-6-16-2/h8H,3-7H2,1-2H3,(H,11,14)(H,12,13). The van der Waals surface area contributed by atoms with Crippen LogP contribution in [-0.4, -0.2) is 52.5 Å². The van der Waals surface area contributed by atoms with Crippen LogP contribution in [-0.2, 0) is 25.1 Å². The SMILES string of the molecule is COCCCNC(=O)C(C)S(=O)CCC(=O)O. The molecular weight excluding hydrogens is 246 g/mol. The maximum Gasteiger partial charge on any atom is 0.304 e. The first kappa shape index (κ1) is 16.1. The van der Waals surface area contributed by atoms with E-state index in [-0.39, 0.29) is 18.1 Å². The lowest BCUT2D eigenvalue weighted by molar-refractivity contribution is -0.136. The normalized spacial score (nSPS) is 14.0. The van der Waals surface area contributed by atoms with Crippen molar-refractivity contribution < 1.29 is 23.6 Å². The van der Waals surface area contributed by atoms with Gasteiger partial charge in [0.2, 0.25) is 5.91 Å². The van der Waals surface area contributed by atoms with Crippen LogP contribution in [0, 0.1) is 0 Å². The molecule has 2 N–H and O–H groups in total. The predicted molar refractivity (Wildman–Crippen MR) is 64.2 cm³/mol. The van der Waals surface area contributed by atoms with E-state index in [2.05, 4.69) is 5.32 Å². The summed E-state index contributed by atoms with van der Waals surface area (Å²) in [4.78, 5) is 21.8. The Kier molecular flexibility index (Phi) is 8.61. The van der Waals surface area contributed by atoms with E-state index in [1.54, 1.807) is 7.11 Å². The summed E-state index contributed by atoms with van der Waals surface area (Å²) < 4.78 is 16.4. The maximum absolute atomic E-state index is 11.5. The van der Waals surface area contributed by atoms with Crippen molar-refractivity contribution in [1.82, 2.24) is 5.32 Å². The van der Waals surface area contributed by atoms with E-state index in [1.165, 1.54) is 6.92 Å². The summed E-state index contributed by atoms with van der Waals surface area (Å²) in [6.07, 6.45) is 0.505. The number of nitrogens with one attached hydrogen (secondary N) is 1. The van der Waals surface area contributed by atoms with Gasteiger partial charge >= 0.3 is 5.97 Å². The Morgan fingerprint density at radius 1 is 1.47 bits per heavy atom. The highest BCUT2D eigenvalue weighted by atomic mass is 32.2. The molecule has 0 aromatic heterocycles. The van der Waals surface area contributed by atoms with Crippen LogP contribution >= 0.6 is 0 Å². The number of carbonyl (C=O) groups excluding carboxylic acids is 1. The van der Waals surface area contributed by atoms with Gasteiger partial charge in [-0.05, 0) is 13.3 Å². The monoisotopic (exact) mass is 265 g/mol. The molecule has 0 fully saturated rings. The van der Waals surface area contributed by atoms with Gasteiger partial charge in [0.1, 0.15) is 5.25 Å². The number of aliphatic carboxylic acids is 1. The van der Waals surface area contributed by atoms with E-state index in [0.717, 1.165) is 0 Å². The summed E-state index contributed by atoms with van der Waals surface area (Å²) in [5.41, 5.74) is 0. The fraction of sp³-hybridized carbons (Fsp3) is 0.800. The molecule has 2 atom stereocenters. The molecule has 0 saturated heterocycles. The van der Waals surface area contributed by atoms with Crippen molar-refractivity contribution in [3.63, 3.8) is 0 Å². The Bertz CT molecular complexity index is 282. The molecule has 2 unspecified atom stereocenters. The molecule has 0 aromatic rings. The second-order valence-electron chi connectivity index (χ2n) is 3.51. The molecule has 0 radical (unpaired) electrons. The van der Waals surface area contributed by atoms with Gasteiger partial charge < -0.3 is 15.2 Å². The van der Waals surface area contributed by atoms with Crippen molar-refractivity contribution in [1.29, 1.82) is 0 Å². The van der Waals surface area contributed by atoms with Crippen LogP contribution in [0.5, 0.6) is 0 Å². The van der Waals surface area contributed by atoms with Crippen molar-refractivity contribution in [2.75, 3.05) is 26.0 Å². The molecule has 7 heteroatoms. The molecule has 0 aromatic carbocycles. The fourth-order valence-corrected chi connectivity index (χ4v) is 2.11. The molecule has 0 aliphatic heterocycles. The van der Waals surface area contributed by atoms with E-state index >= 15 is 0 Å². The molecule has 0 aliphatic rings. The van der Waals surface area contributed by atoms with Crippen LogP contribution in [0.25, 0.3) is 0 Å². The number of carbonyl (C=O) groups is 2. The quantitative estimate of drug-likeness (QED) is 0.561. The van der Waals surface area contributed by atoms with Gasteiger partial charge in [-0.3, -0.25) is 13.8 Å². The summed E-state index contributed by atoms with van der Waals surface area (Å²) in [5.74, 6) is -1.32. The van der Waals surface area contributed by atoms with Crippen molar-refractivity contribution in [2.24, 2.45) is 0 Å². The third-order valence-electron chi connectivity index (χ3n) is 2.11. The van der Waals surface area contributed by atoms with Gasteiger partial charge in [-0.1, -0.05) is 0 Å². The zero-order valence-corrected chi connectivity index (χ0v) is 10.9. The molecular formula is C10H19NO5S. The van der Waals surface area contributed by atoms with Gasteiger partial charge in [0.15, 0.2) is 0 Å². The van der Waals surface area contributed by atoms with Gasteiger partial charge in [-0.25, -0.2) is 0 Å². The average molecular weight is 265 g/mol. The van der Waals surface area contributed by atoms with Gasteiger partial charge in [0.25, 0.3) is 0 Å². The minimum absolute atomic E-state index is 0.00198. The van der Waals surface area contributed by atoms with E-state index < -0.39 is 22.0 Å². The van der Waals surface area contributed by atoms with Crippen molar-refractivity contribution in [3.8, 4) is 0 Å². The molecule has 0 heterocycles. The van der Waals surface area contributed by atoms with Crippen LogP contribution in [0.3, 0.4) is 0 Å². The van der Waals surface area contributed by atoms with Crippen molar-refractivity contribution in [3.05, 3.63) is 0 Å². The Hall–Kier alpha value is -0.950. The van der Waals surface area contributed by atoms with Gasteiger partial charge in [0, 0.05) is 36.8 Å². The highest BCUT2D eigenvalue weighted by Crippen LogP contribution is 1.99. The largest absolute Gasteiger partial charge is 0.481 e. The Labute approximate surface area is 103 Å². The third kappa shape index (κ3) is 7.87. The number of carboxylic acid groups (broad SMARTS) is 1. The topological polar surface area (TPSA) is 92.7 Å². The summed E-state index contributed by atoms with van der Waals surface area (Å²) in [7, 11) is 0.128. The first-order valence-electron chi connectivity index (χ1n) is 5.34. The lowest BCUT2D eigenvalue weighted by Gasteiger charge is -2.11. The number of carboxylic acids is 1. The van der Waals surface area contributed by atoms with Crippen LogP contribution in [0.1, 0.15) is 19.8 Å². The second-order valence-corrected chi connectivity index (χ2v) is 5.39. The lowest BCUT2D eigenvalue weighted by atomic mass is 10.4. The smallest absolute Gasteiger partial charge is 0.304 e. The molecule has 0 rings (SSSR count). The molecule has 17 heavy (non-hydrogen) atoms. The minimum atomic E-state index is -1.45. The Morgan fingerprint density at radius 2 is 2.12 bits per heavy atom. The third-order valence-corrected chi connectivity index (χ3v) is 3.71. The molecule has 6 nitrogen and oxygen atoms in total. The fourth-order valence-electron chi connectivity index (χ4n) is 1.06. The number of hydrogen-bond donors (Lipinski definition) is 2. The molecule has 1 amide bonds. The first-order chi connectivity index (χ1) is 7.99. The van der Waals surface area contributed by atoms with E-state index in [4.69, 9.17) is 9.84 Å². The van der Waals surface area contributed by atoms with Crippen molar-refractivity contribution >= 4 is 22.7 Å². The van der Waals surface area contributed by atoms with Crippen LogP contribution in [0.2, 0.25) is 0 Å². The first-order valence-corrected chi connectivity index (χ1v) is 6.73. The Morgan fingerprint density at radius 3 is 2.65 bits per heavy atom. The second kappa shape index (κ2) is 9.12. The van der Waals surface area contributed by atoms with Crippen molar-refractivity contribution in [2.45, 2.75) is 25.0 Å². The molecule has 0 bridgehead atoms. The highest BCUT2D eigenvalue weighted by Gasteiger charge is 2.19. The maximum atomic E-state index is 11.5. The van der Waals surface area contributed by atoms with Gasteiger partial charge in [-0.2, -0.15) is 0 Å². The number of amides is 1. The van der Waals surface area contributed by atoms with E-state index in [1.807, 2.05) is 0 Å². The number of ether oxygens (including phenoxy) is 1. The minimum Gasteiger partial charge on any atom is -0.481 e. The summed E-state index contributed by atoms with van der Waals surface area (Å²) in [5, 5.41) is 10.4. The highest BCUT2D eigenvalue weighted by molar-refractivity contribution is 7.86. The number of methoxy groups -OCH3 is 1. The summed E-state index contributed by atoms with van der Waals surface area (Å²) in [6, 6.07) is 0. The van der Waals surface area contributed by atoms with Crippen LogP contribution in [0.15, 0.2) is 0 Å². The zero-order chi connectivity index (χ0) is 13.3. The lowest BCUT2D eigenvalue weighted by Crippen LogP contribution is -2.37. The molecule has 0 spiro atoms. The predicted octanol–water partition coefficient (Wildman–Crippen LogP) is -0.249. The summed E-state index contributed by atoms with van der Waals surface area (Å²) in [6.45, 7) is 2.55. The van der Waals surface area contributed by atoms with E-state index in [0.29, 0.717) is 19.6 Å². The van der Waals surface area contributed by atoms with Crippen LogP contribution in [0.4, 0.5) is 0 Å². The summed E-state index contributed by atoms with van der Waals surface area (Å²) >= 11 is 0.